The van der Waals surface area contributed by atoms with Crippen LogP contribution in [-0.2, 0) is 14.3 Å². The van der Waals surface area contributed by atoms with E-state index in [1.165, 1.54) is 17.4 Å². The molecule has 0 aliphatic carbocycles. The number of ether oxygens (including phenoxy) is 1. The first-order valence-electron chi connectivity index (χ1n) is 6.84. The van der Waals surface area contributed by atoms with Gasteiger partial charge >= 0.3 is 5.97 Å². The molecule has 2 rings (SSSR count). The molecule has 118 valence electrons. The molecule has 0 saturated carbocycles. The minimum atomic E-state index is -0.673. The largest absolute Gasteiger partial charge is 0.452 e. The van der Waals surface area contributed by atoms with Crippen molar-refractivity contribution >= 4 is 35.2 Å². The summed E-state index contributed by atoms with van der Waals surface area (Å²) in [7, 11) is 0. The van der Waals surface area contributed by atoms with Gasteiger partial charge in [-0.1, -0.05) is 18.2 Å². The quantitative estimate of drug-likeness (QED) is 0.676. The lowest BCUT2D eigenvalue weighted by Crippen LogP contribution is -2.33. The molecule has 0 unspecified atom stereocenters. The van der Waals surface area contributed by atoms with Gasteiger partial charge in [0.1, 0.15) is 0 Å². The van der Waals surface area contributed by atoms with E-state index in [0.717, 1.165) is 10.4 Å². The zero-order valence-corrected chi connectivity index (χ0v) is 13.3. The van der Waals surface area contributed by atoms with Gasteiger partial charge < -0.3 is 4.74 Å². The predicted octanol–water partition coefficient (Wildman–Crippen LogP) is 2.57. The van der Waals surface area contributed by atoms with Gasteiger partial charge in [-0.2, -0.15) is 0 Å². The highest BCUT2D eigenvalue weighted by atomic mass is 32.1. The number of carbonyl (C=O) groups excluding carboxylic acids is 3. The maximum absolute atomic E-state index is 11.7. The van der Waals surface area contributed by atoms with E-state index in [1.807, 2.05) is 18.4 Å². The van der Waals surface area contributed by atoms with Crippen molar-refractivity contribution in [2.24, 2.45) is 0 Å². The third-order valence-electron chi connectivity index (χ3n) is 2.91. The second-order valence-electron chi connectivity index (χ2n) is 4.65. The molecule has 1 aromatic carbocycles. The van der Waals surface area contributed by atoms with E-state index >= 15 is 0 Å². The number of aryl methyl sites for hydroxylation is 1. The first kappa shape index (κ1) is 16.6. The van der Waals surface area contributed by atoms with Crippen LogP contribution in [-0.4, -0.2) is 24.4 Å². The van der Waals surface area contributed by atoms with E-state index in [4.69, 9.17) is 4.74 Å². The molecule has 0 fully saturated rings. The maximum atomic E-state index is 11.7. The first-order chi connectivity index (χ1) is 11.1. The Balaban J connectivity index is 1.78. The topological polar surface area (TPSA) is 72.5 Å². The summed E-state index contributed by atoms with van der Waals surface area (Å²) in [5.74, 6) is -1.84. The zero-order chi connectivity index (χ0) is 16.7. The number of rotatable bonds is 5. The lowest BCUT2D eigenvalue weighted by Gasteiger charge is -2.04. The smallest absolute Gasteiger partial charge is 0.331 e. The second kappa shape index (κ2) is 8.05. The van der Waals surface area contributed by atoms with Crippen molar-refractivity contribution in [3.8, 4) is 0 Å². The van der Waals surface area contributed by atoms with Crippen LogP contribution in [0.3, 0.4) is 0 Å². The molecule has 0 bridgehead atoms. The van der Waals surface area contributed by atoms with Gasteiger partial charge in [-0.25, -0.2) is 4.79 Å². The fraction of sp³-hybridized carbons (Fsp3) is 0.118. The van der Waals surface area contributed by atoms with Crippen molar-refractivity contribution in [2.75, 3.05) is 6.61 Å². The van der Waals surface area contributed by atoms with Gasteiger partial charge in [0.15, 0.2) is 6.61 Å². The van der Waals surface area contributed by atoms with Crippen LogP contribution in [0.15, 0.2) is 47.9 Å². The Bertz CT molecular complexity index is 734. The monoisotopic (exact) mass is 329 g/mol. The van der Waals surface area contributed by atoms with Crippen molar-refractivity contribution in [3.63, 3.8) is 0 Å². The van der Waals surface area contributed by atoms with Crippen LogP contribution in [0.1, 0.15) is 20.8 Å². The van der Waals surface area contributed by atoms with Crippen LogP contribution in [0.5, 0.6) is 0 Å². The van der Waals surface area contributed by atoms with E-state index in [1.54, 1.807) is 36.4 Å². The highest BCUT2D eigenvalue weighted by Crippen LogP contribution is 2.16. The molecule has 6 heteroatoms. The average molecular weight is 329 g/mol. The molecule has 0 spiro atoms. The third kappa shape index (κ3) is 5.19. The summed E-state index contributed by atoms with van der Waals surface area (Å²) < 4.78 is 4.79. The normalized spacial score (nSPS) is 10.5. The van der Waals surface area contributed by atoms with Crippen molar-refractivity contribution in [2.45, 2.75) is 6.92 Å². The number of thiophene rings is 1. The molecule has 1 heterocycles. The number of amides is 2. The minimum Gasteiger partial charge on any atom is -0.452 e. The number of esters is 1. The van der Waals surface area contributed by atoms with E-state index < -0.39 is 24.4 Å². The number of imide groups is 1. The summed E-state index contributed by atoms with van der Waals surface area (Å²) in [6.07, 6.45) is 2.89. The number of benzene rings is 1. The van der Waals surface area contributed by atoms with Gasteiger partial charge in [-0.3, -0.25) is 14.9 Å². The highest BCUT2D eigenvalue weighted by Gasteiger charge is 2.11. The molecular formula is C17H15NO4S. The van der Waals surface area contributed by atoms with Crippen molar-refractivity contribution in [1.82, 2.24) is 5.32 Å². The van der Waals surface area contributed by atoms with Gasteiger partial charge in [-0.15, -0.1) is 11.3 Å². The van der Waals surface area contributed by atoms with Crippen LogP contribution in [0, 0.1) is 6.92 Å². The molecule has 1 N–H and O–H groups in total. The molecule has 2 aromatic rings. The fourth-order valence-electron chi connectivity index (χ4n) is 1.71. The average Bonchev–Trinajstić information content (AvgIpc) is 2.97. The molecule has 0 saturated heterocycles. The lowest BCUT2D eigenvalue weighted by atomic mass is 10.2. The summed E-state index contributed by atoms with van der Waals surface area (Å²) in [6.45, 7) is 1.43. The van der Waals surface area contributed by atoms with Crippen LogP contribution in [0.2, 0.25) is 0 Å². The van der Waals surface area contributed by atoms with Gasteiger partial charge in [0.25, 0.3) is 11.8 Å². The molecule has 23 heavy (non-hydrogen) atoms. The minimum absolute atomic E-state index is 0.361. The number of hydrogen-bond donors (Lipinski definition) is 1. The van der Waals surface area contributed by atoms with Crippen molar-refractivity contribution < 1.29 is 19.1 Å². The van der Waals surface area contributed by atoms with Crippen LogP contribution < -0.4 is 5.32 Å². The SMILES string of the molecule is Cc1ccsc1/C=C/C(=O)OCC(=O)NC(=O)c1ccccc1. The Kier molecular flexibility index (Phi) is 5.82. The lowest BCUT2D eigenvalue weighted by molar-refractivity contribution is -0.143. The molecular weight excluding hydrogens is 314 g/mol. The second-order valence-corrected chi connectivity index (χ2v) is 5.60. The molecule has 0 atom stereocenters. The molecule has 0 aliphatic rings. The Hall–Kier alpha value is -2.73. The van der Waals surface area contributed by atoms with E-state index in [-0.39, 0.29) is 0 Å². The number of carbonyl (C=O) groups is 3. The summed E-state index contributed by atoms with van der Waals surface area (Å²) in [5, 5.41) is 4.07. The Labute approximate surface area is 137 Å². The van der Waals surface area contributed by atoms with Gasteiger partial charge in [0.2, 0.25) is 0 Å². The molecule has 2 amide bonds. The Morgan fingerprint density at radius 3 is 2.57 bits per heavy atom. The standard InChI is InChI=1S/C17H15NO4S/c1-12-9-10-23-14(12)7-8-16(20)22-11-15(19)18-17(21)13-5-3-2-4-6-13/h2-10H,11H2,1H3,(H,18,19,21)/b8-7+. The van der Waals surface area contributed by atoms with Crippen LogP contribution >= 0.6 is 11.3 Å². The number of nitrogens with one attached hydrogen (secondary N) is 1. The maximum Gasteiger partial charge on any atom is 0.331 e. The molecule has 5 nitrogen and oxygen atoms in total. The number of hydrogen-bond acceptors (Lipinski definition) is 5. The molecule has 1 aromatic heterocycles. The van der Waals surface area contributed by atoms with E-state index in [0.29, 0.717) is 5.56 Å². The molecule has 0 radical (unpaired) electrons. The van der Waals surface area contributed by atoms with E-state index in [9.17, 15) is 14.4 Å². The summed E-state index contributed by atoms with van der Waals surface area (Å²) in [4.78, 5) is 35.8. The van der Waals surface area contributed by atoms with Crippen molar-refractivity contribution in [3.05, 3.63) is 63.9 Å². The third-order valence-corrected chi connectivity index (χ3v) is 3.89. The fourth-order valence-corrected chi connectivity index (χ4v) is 2.53. The van der Waals surface area contributed by atoms with E-state index in [2.05, 4.69) is 5.32 Å². The highest BCUT2D eigenvalue weighted by molar-refractivity contribution is 7.11. The van der Waals surface area contributed by atoms with Gasteiger partial charge in [-0.05, 0) is 42.1 Å². The van der Waals surface area contributed by atoms with Crippen LogP contribution in [0.25, 0.3) is 6.08 Å². The summed E-state index contributed by atoms with van der Waals surface area (Å²) in [6, 6.07) is 10.3. The molecule has 0 aliphatic heterocycles. The van der Waals surface area contributed by atoms with Crippen molar-refractivity contribution in [1.29, 1.82) is 0 Å². The first-order valence-corrected chi connectivity index (χ1v) is 7.72. The summed E-state index contributed by atoms with van der Waals surface area (Å²) >= 11 is 1.50. The Morgan fingerprint density at radius 1 is 1.17 bits per heavy atom. The van der Waals surface area contributed by atoms with Gasteiger partial charge in [0.05, 0.1) is 0 Å². The Morgan fingerprint density at radius 2 is 1.91 bits per heavy atom. The predicted molar refractivity (Wildman–Crippen MR) is 88.0 cm³/mol. The van der Waals surface area contributed by atoms with Crippen LogP contribution in [0.4, 0.5) is 0 Å². The zero-order valence-electron chi connectivity index (χ0n) is 12.4. The van der Waals surface area contributed by atoms with Gasteiger partial charge in [0, 0.05) is 16.5 Å². The summed E-state index contributed by atoms with van der Waals surface area (Å²) in [5.41, 5.74) is 1.42.